The SMILES string of the molecule is Cc1cc(C2C=CN(C)C2)cc(C2CCN(C(=O)c3cc(C(C)C)[nH]n3)C2)n1. The zero-order valence-electron chi connectivity index (χ0n) is 17.1. The Balaban J connectivity index is 1.48. The lowest BCUT2D eigenvalue weighted by atomic mass is 9.95. The van der Waals surface area contributed by atoms with E-state index in [1.54, 1.807) is 0 Å². The Labute approximate surface area is 166 Å². The van der Waals surface area contributed by atoms with E-state index in [2.05, 4.69) is 67.3 Å². The fraction of sp³-hybridized carbons (Fsp3) is 0.500. The molecule has 2 aliphatic rings. The minimum absolute atomic E-state index is 0.0128. The highest BCUT2D eigenvalue weighted by molar-refractivity contribution is 5.92. The molecule has 1 saturated heterocycles. The molecule has 6 nitrogen and oxygen atoms in total. The molecule has 2 aliphatic heterocycles. The van der Waals surface area contributed by atoms with Gasteiger partial charge in [0.1, 0.15) is 5.69 Å². The van der Waals surface area contributed by atoms with E-state index in [1.807, 2.05) is 11.0 Å². The fourth-order valence-corrected chi connectivity index (χ4v) is 4.13. The van der Waals surface area contributed by atoms with Crippen LogP contribution in [0, 0.1) is 6.92 Å². The molecular weight excluding hydrogens is 350 g/mol. The topological polar surface area (TPSA) is 65.1 Å². The van der Waals surface area contributed by atoms with Gasteiger partial charge in [-0.1, -0.05) is 19.9 Å². The van der Waals surface area contributed by atoms with Gasteiger partial charge in [-0.15, -0.1) is 0 Å². The number of aromatic amines is 1. The van der Waals surface area contributed by atoms with Crippen molar-refractivity contribution in [2.75, 3.05) is 26.7 Å². The lowest BCUT2D eigenvalue weighted by Gasteiger charge is -2.17. The van der Waals surface area contributed by atoms with Crippen LogP contribution in [0.5, 0.6) is 0 Å². The Morgan fingerprint density at radius 1 is 1.25 bits per heavy atom. The van der Waals surface area contributed by atoms with E-state index in [0.29, 0.717) is 24.1 Å². The van der Waals surface area contributed by atoms with Crippen LogP contribution in [0.4, 0.5) is 0 Å². The van der Waals surface area contributed by atoms with Crippen molar-refractivity contribution in [1.29, 1.82) is 0 Å². The first-order chi connectivity index (χ1) is 13.4. The maximum Gasteiger partial charge on any atom is 0.274 e. The number of hydrogen-bond acceptors (Lipinski definition) is 4. The van der Waals surface area contributed by atoms with Crippen molar-refractivity contribution in [1.82, 2.24) is 25.0 Å². The van der Waals surface area contributed by atoms with Gasteiger partial charge in [-0.25, -0.2) is 0 Å². The molecular formula is C22H29N5O. The molecule has 0 saturated carbocycles. The standard InChI is InChI=1S/C22H29N5O/c1-14(2)19-11-21(25-24-19)22(28)27-8-6-17(13-27)20-10-18(9-15(3)23-20)16-5-7-26(4)12-16/h5,7,9-11,14,16-17H,6,8,12-13H2,1-4H3,(H,24,25). The fourth-order valence-electron chi connectivity index (χ4n) is 4.13. The Hall–Kier alpha value is -2.63. The van der Waals surface area contributed by atoms with Crippen molar-refractivity contribution in [2.45, 2.75) is 44.9 Å². The monoisotopic (exact) mass is 379 g/mol. The van der Waals surface area contributed by atoms with Crippen molar-refractivity contribution in [2.24, 2.45) is 0 Å². The second kappa shape index (κ2) is 7.41. The van der Waals surface area contributed by atoms with Gasteiger partial charge in [0, 0.05) is 55.6 Å². The number of aryl methyl sites for hydroxylation is 1. The van der Waals surface area contributed by atoms with Crippen LogP contribution in [0.3, 0.4) is 0 Å². The number of aromatic nitrogens is 3. The maximum absolute atomic E-state index is 12.8. The van der Waals surface area contributed by atoms with E-state index in [0.717, 1.165) is 36.6 Å². The van der Waals surface area contributed by atoms with E-state index < -0.39 is 0 Å². The number of likely N-dealkylation sites (tertiary alicyclic amines) is 1. The lowest BCUT2D eigenvalue weighted by Crippen LogP contribution is -2.28. The van der Waals surface area contributed by atoms with Crippen molar-refractivity contribution in [3.8, 4) is 0 Å². The third-order valence-corrected chi connectivity index (χ3v) is 5.81. The number of carbonyl (C=O) groups excluding carboxylic acids is 1. The van der Waals surface area contributed by atoms with Crippen molar-refractivity contribution < 1.29 is 4.79 Å². The molecule has 2 aromatic rings. The van der Waals surface area contributed by atoms with Crippen molar-refractivity contribution >= 4 is 5.91 Å². The molecule has 1 fully saturated rings. The molecule has 0 aromatic carbocycles. The average Bonchev–Trinajstić information content (AvgIpc) is 3.40. The third kappa shape index (κ3) is 3.68. The summed E-state index contributed by atoms with van der Waals surface area (Å²) in [6.45, 7) is 8.71. The molecule has 28 heavy (non-hydrogen) atoms. The zero-order chi connectivity index (χ0) is 19.8. The Morgan fingerprint density at radius 3 is 2.75 bits per heavy atom. The third-order valence-electron chi connectivity index (χ3n) is 5.81. The van der Waals surface area contributed by atoms with E-state index >= 15 is 0 Å². The second-order valence-corrected chi connectivity index (χ2v) is 8.45. The predicted octanol–water partition coefficient (Wildman–Crippen LogP) is 3.41. The van der Waals surface area contributed by atoms with Gasteiger partial charge in [-0.05, 0) is 49.2 Å². The molecule has 1 amide bonds. The summed E-state index contributed by atoms with van der Waals surface area (Å²) in [6, 6.07) is 6.31. The molecule has 1 N–H and O–H groups in total. The number of H-pyrrole nitrogens is 1. The first-order valence-electron chi connectivity index (χ1n) is 10.1. The van der Waals surface area contributed by atoms with Gasteiger partial charge in [0.25, 0.3) is 5.91 Å². The van der Waals surface area contributed by atoms with Crippen molar-refractivity contribution in [3.05, 3.63) is 58.8 Å². The summed E-state index contributed by atoms with van der Waals surface area (Å²) in [6.07, 6.45) is 5.35. The van der Waals surface area contributed by atoms with Crippen molar-refractivity contribution in [3.63, 3.8) is 0 Å². The van der Waals surface area contributed by atoms with E-state index in [-0.39, 0.29) is 11.8 Å². The van der Waals surface area contributed by atoms with Crippen LogP contribution in [0.2, 0.25) is 0 Å². The Kier molecular flexibility index (Phi) is 4.96. The number of nitrogens with one attached hydrogen (secondary N) is 1. The molecule has 0 bridgehead atoms. The van der Waals surface area contributed by atoms with Crippen LogP contribution in [0.25, 0.3) is 0 Å². The summed E-state index contributed by atoms with van der Waals surface area (Å²) in [4.78, 5) is 21.8. The normalized spacial score (nSPS) is 21.9. The van der Waals surface area contributed by atoms with E-state index in [1.165, 1.54) is 5.56 Å². The minimum atomic E-state index is 0.0128. The highest BCUT2D eigenvalue weighted by Crippen LogP contribution is 2.31. The van der Waals surface area contributed by atoms with Gasteiger partial charge in [-0.3, -0.25) is 14.9 Å². The number of hydrogen-bond donors (Lipinski definition) is 1. The predicted molar refractivity (Wildman–Crippen MR) is 109 cm³/mol. The van der Waals surface area contributed by atoms with Crippen LogP contribution < -0.4 is 0 Å². The summed E-state index contributed by atoms with van der Waals surface area (Å²) < 4.78 is 0. The molecule has 4 heterocycles. The summed E-state index contributed by atoms with van der Waals surface area (Å²) >= 11 is 0. The highest BCUT2D eigenvalue weighted by Gasteiger charge is 2.30. The minimum Gasteiger partial charge on any atom is -0.380 e. The zero-order valence-corrected chi connectivity index (χ0v) is 17.1. The first-order valence-corrected chi connectivity index (χ1v) is 10.1. The number of amides is 1. The molecule has 6 heteroatoms. The summed E-state index contributed by atoms with van der Waals surface area (Å²) in [5.74, 6) is 1.05. The quantitative estimate of drug-likeness (QED) is 0.884. The molecule has 0 aliphatic carbocycles. The average molecular weight is 380 g/mol. The van der Waals surface area contributed by atoms with E-state index in [4.69, 9.17) is 4.98 Å². The largest absolute Gasteiger partial charge is 0.380 e. The Bertz CT molecular complexity index is 900. The van der Waals surface area contributed by atoms with Crippen LogP contribution >= 0.6 is 0 Å². The van der Waals surface area contributed by atoms with Gasteiger partial charge >= 0.3 is 0 Å². The van der Waals surface area contributed by atoms with Gasteiger partial charge in [0.15, 0.2) is 0 Å². The smallest absolute Gasteiger partial charge is 0.274 e. The van der Waals surface area contributed by atoms with Crippen LogP contribution in [0.1, 0.15) is 71.2 Å². The molecule has 2 atom stereocenters. The summed E-state index contributed by atoms with van der Waals surface area (Å²) in [7, 11) is 2.10. The van der Waals surface area contributed by atoms with Gasteiger partial charge < -0.3 is 9.80 Å². The Morgan fingerprint density at radius 2 is 2.07 bits per heavy atom. The summed E-state index contributed by atoms with van der Waals surface area (Å²) in [5, 5.41) is 7.21. The summed E-state index contributed by atoms with van der Waals surface area (Å²) in [5.41, 5.74) is 4.99. The molecule has 0 radical (unpaired) electrons. The van der Waals surface area contributed by atoms with Gasteiger partial charge in [-0.2, -0.15) is 5.10 Å². The van der Waals surface area contributed by atoms with Crippen LogP contribution in [-0.2, 0) is 0 Å². The number of likely N-dealkylation sites (N-methyl/N-ethyl adjacent to an activating group) is 1. The molecule has 0 spiro atoms. The first kappa shape index (κ1) is 18.7. The van der Waals surface area contributed by atoms with Crippen LogP contribution in [0.15, 0.2) is 30.5 Å². The number of pyridine rings is 1. The molecule has 148 valence electrons. The highest BCUT2D eigenvalue weighted by atomic mass is 16.2. The number of rotatable bonds is 4. The van der Waals surface area contributed by atoms with Gasteiger partial charge in [0.2, 0.25) is 0 Å². The lowest BCUT2D eigenvalue weighted by molar-refractivity contribution is 0.0785. The second-order valence-electron chi connectivity index (χ2n) is 8.45. The number of carbonyl (C=O) groups is 1. The molecule has 2 aromatic heterocycles. The molecule has 2 unspecified atom stereocenters. The molecule has 4 rings (SSSR count). The van der Waals surface area contributed by atoms with E-state index in [9.17, 15) is 4.79 Å². The van der Waals surface area contributed by atoms with Crippen LogP contribution in [-0.4, -0.2) is 57.6 Å². The van der Waals surface area contributed by atoms with Gasteiger partial charge in [0.05, 0.1) is 0 Å². The maximum atomic E-state index is 12.8. The number of nitrogens with zero attached hydrogens (tertiary/aromatic N) is 4.